The number of carbonyl (C=O) groups excluding carboxylic acids is 2. The Kier molecular flexibility index (Phi) is 5.95. The molecule has 0 fully saturated rings. The van der Waals surface area contributed by atoms with Crippen molar-refractivity contribution in [3.63, 3.8) is 0 Å². The molecule has 162 valence electrons. The number of carboxylic acids is 1. The molecule has 0 unspecified atom stereocenters. The van der Waals surface area contributed by atoms with Gasteiger partial charge in [0.25, 0.3) is 11.8 Å². The Morgan fingerprint density at radius 1 is 0.969 bits per heavy atom. The predicted molar refractivity (Wildman–Crippen MR) is 116 cm³/mol. The van der Waals surface area contributed by atoms with E-state index in [1.807, 2.05) is 0 Å². The highest BCUT2D eigenvalue weighted by atomic mass is 79.9. The molecular weight excluding hydrogens is 484 g/mol. The van der Waals surface area contributed by atoms with Crippen LogP contribution < -0.4 is 20.1 Å². The Morgan fingerprint density at radius 3 is 2.41 bits per heavy atom. The number of hydrogen-bond donors (Lipinski definition) is 3. The average molecular weight is 499 g/mol. The van der Waals surface area contributed by atoms with E-state index >= 15 is 0 Å². The van der Waals surface area contributed by atoms with Crippen LogP contribution >= 0.6 is 15.9 Å². The summed E-state index contributed by atoms with van der Waals surface area (Å²) in [4.78, 5) is 36.5. The number of hydrogen-bond acceptors (Lipinski definition) is 6. The van der Waals surface area contributed by atoms with Crippen molar-refractivity contribution in [2.45, 2.75) is 0 Å². The van der Waals surface area contributed by atoms with Gasteiger partial charge in [-0.3, -0.25) is 9.59 Å². The van der Waals surface area contributed by atoms with E-state index in [1.54, 1.807) is 24.3 Å². The van der Waals surface area contributed by atoms with Crippen molar-refractivity contribution in [2.24, 2.45) is 0 Å². The van der Waals surface area contributed by atoms with Crippen LogP contribution in [0.2, 0.25) is 0 Å². The van der Waals surface area contributed by atoms with Crippen LogP contribution in [-0.4, -0.2) is 29.7 Å². The van der Waals surface area contributed by atoms with Crippen LogP contribution in [0, 0.1) is 0 Å². The molecule has 2 amide bonds. The maximum atomic E-state index is 12.9. The Hall–Kier alpha value is -4.05. The van der Waals surface area contributed by atoms with E-state index in [9.17, 15) is 14.4 Å². The molecule has 0 radical (unpaired) electrons. The molecule has 1 aliphatic heterocycles. The highest BCUT2D eigenvalue weighted by molar-refractivity contribution is 9.10. The van der Waals surface area contributed by atoms with Crippen LogP contribution in [-0.2, 0) is 4.79 Å². The predicted octanol–water partition coefficient (Wildman–Crippen LogP) is 3.88. The molecule has 2 aromatic carbocycles. The first kappa shape index (κ1) is 21.2. The van der Waals surface area contributed by atoms with Gasteiger partial charge in [-0.15, -0.1) is 0 Å². The molecule has 1 aromatic heterocycles. The van der Waals surface area contributed by atoms with E-state index in [4.69, 9.17) is 19.0 Å². The first-order valence-electron chi connectivity index (χ1n) is 9.22. The van der Waals surface area contributed by atoms with E-state index in [2.05, 4.69) is 26.6 Å². The second-order valence-electron chi connectivity index (χ2n) is 6.57. The Bertz CT molecular complexity index is 1230. The van der Waals surface area contributed by atoms with Gasteiger partial charge in [-0.2, -0.15) is 0 Å². The van der Waals surface area contributed by atoms with Crippen LogP contribution in [0.5, 0.6) is 11.5 Å². The van der Waals surface area contributed by atoms with Crippen molar-refractivity contribution in [1.29, 1.82) is 0 Å². The standard InChI is InChI=1S/C22H15BrN2O7/c23-19-8-7-17(32-19)21(27)25-15(9-12-1-6-16-18(10-12)31-11-30-16)20(26)24-14-4-2-13(3-5-14)22(28)29/h1-10H,11H2,(H,24,26)(H,25,27)(H,28,29)/b15-9-. The lowest BCUT2D eigenvalue weighted by Gasteiger charge is -2.11. The van der Waals surface area contributed by atoms with Crippen LogP contribution in [0.4, 0.5) is 5.69 Å². The van der Waals surface area contributed by atoms with Gasteiger partial charge in [0.1, 0.15) is 5.70 Å². The van der Waals surface area contributed by atoms with E-state index in [-0.39, 0.29) is 23.8 Å². The van der Waals surface area contributed by atoms with Gasteiger partial charge in [0, 0.05) is 5.69 Å². The number of nitrogens with one attached hydrogen (secondary N) is 2. The Balaban J connectivity index is 1.60. The first-order valence-corrected chi connectivity index (χ1v) is 10.0. The molecular formula is C22H15BrN2O7. The van der Waals surface area contributed by atoms with Gasteiger partial charge >= 0.3 is 5.97 Å². The minimum Gasteiger partial charge on any atom is -0.478 e. The number of carboxylic acid groups (broad SMARTS) is 1. The number of carbonyl (C=O) groups is 3. The minimum absolute atomic E-state index is 0.00655. The molecule has 9 nitrogen and oxygen atoms in total. The number of anilines is 1. The summed E-state index contributed by atoms with van der Waals surface area (Å²) in [6, 6.07) is 13.7. The topological polar surface area (TPSA) is 127 Å². The monoisotopic (exact) mass is 498 g/mol. The van der Waals surface area contributed by atoms with E-state index in [1.165, 1.54) is 36.4 Å². The van der Waals surface area contributed by atoms with Crippen LogP contribution in [0.3, 0.4) is 0 Å². The third kappa shape index (κ3) is 4.81. The smallest absolute Gasteiger partial charge is 0.335 e. The second kappa shape index (κ2) is 8.98. The summed E-state index contributed by atoms with van der Waals surface area (Å²) in [5.74, 6) is -1.22. The van der Waals surface area contributed by atoms with Gasteiger partial charge < -0.3 is 29.6 Å². The minimum atomic E-state index is -1.08. The lowest BCUT2D eigenvalue weighted by atomic mass is 10.1. The highest BCUT2D eigenvalue weighted by Crippen LogP contribution is 2.33. The molecule has 1 aliphatic rings. The lowest BCUT2D eigenvalue weighted by Crippen LogP contribution is -2.30. The number of fused-ring (bicyclic) bond motifs is 1. The average Bonchev–Trinajstić information content (AvgIpc) is 3.42. The van der Waals surface area contributed by atoms with Crippen molar-refractivity contribution in [3.05, 3.63) is 81.9 Å². The molecule has 0 atom stereocenters. The quantitative estimate of drug-likeness (QED) is 0.440. The number of benzene rings is 2. The summed E-state index contributed by atoms with van der Waals surface area (Å²) >= 11 is 3.13. The molecule has 2 heterocycles. The molecule has 0 saturated heterocycles. The molecule has 0 bridgehead atoms. The second-order valence-corrected chi connectivity index (χ2v) is 7.35. The van der Waals surface area contributed by atoms with Crippen molar-refractivity contribution < 1.29 is 33.4 Å². The van der Waals surface area contributed by atoms with Crippen molar-refractivity contribution >= 4 is 45.5 Å². The third-order valence-corrected chi connectivity index (χ3v) is 4.81. The fourth-order valence-corrected chi connectivity index (χ4v) is 3.15. The fourth-order valence-electron chi connectivity index (χ4n) is 2.84. The van der Waals surface area contributed by atoms with Gasteiger partial charge in [-0.1, -0.05) is 6.07 Å². The third-order valence-electron chi connectivity index (χ3n) is 4.39. The molecule has 4 rings (SSSR count). The zero-order chi connectivity index (χ0) is 22.7. The van der Waals surface area contributed by atoms with E-state index in [0.29, 0.717) is 27.4 Å². The number of rotatable bonds is 6. The number of amides is 2. The number of halogens is 1. The molecule has 3 N–H and O–H groups in total. The Labute approximate surface area is 189 Å². The summed E-state index contributed by atoms with van der Waals surface area (Å²) in [5.41, 5.74) is 0.952. The SMILES string of the molecule is O=C(Nc1ccc(C(=O)O)cc1)/C(=C/c1ccc2c(c1)OCO2)NC(=O)c1ccc(Br)o1. The van der Waals surface area contributed by atoms with Gasteiger partial charge in [0.05, 0.1) is 5.56 Å². The van der Waals surface area contributed by atoms with Gasteiger partial charge in [-0.25, -0.2) is 4.79 Å². The Morgan fingerprint density at radius 2 is 1.72 bits per heavy atom. The lowest BCUT2D eigenvalue weighted by molar-refractivity contribution is -0.113. The van der Waals surface area contributed by atoms with Crippen molar-refractivity contribution in [1.82, 2.24) is 5.32 Å². The van der Waals surface area contributed by atoms with E-state index in [0.717, 1.165) is 0 Å². The van der Waals surface area contributed by atoms with Crippen molar-refractivity contribution in [2.75, 3.05) is 12.1 Å². The highest BCUT2D eigenvalue weighted by Gasteiger charge is 2.19. The fraction of sp³-hybridized carbons (Fsp3) is 0.0455. The summed E-state index contributed by atoms with van der Waals surface area (Å²) in [6.45, 7) is 0.103. The zero-order valence-electron chi connectivity index (χ0n) is 16.3. The summed E-state index contributed by atoms with van der Waals surface area (Å²) in [6.07, 6.45) is 1.47. The van der Waals surface area contributed by atoms with E-state index < -0.39 is 17.8 Å². The number of furan rings is 1. The summed E-state index contributed by atoms with van der Waals surface area (Å²) in [7, 11) is 0. The van der Waals surface area contributed by atoms with Crippen LogP contribution in [0.25, 0.3) is 6.08 Å². The summed E-state index contributed by atoms with van der Waals surface area (Å²) < 4.78 is 16.2. The van der Waals surface area contributed by atoms with Gasteiger partial charge in [0.15, 0.2) is 21.9 Å². The largest absolute Gasteiger partial charge is 0.478 e. The molecule has 3 aromatic rings. The molecule has 0 aliphatic carbocycles. The number of aromatic carboxylic acids is 1. The molecule has 10 heteroatoms. The number of ether oxygens (including phenoxy) is 2. The van der Waals surface area contributed by atoms with Gasteiger partial charge in [-0.05, 0) is 76.1 Å². The zero-order valence-corrected chi connectivity index (χ0v) is 17.8. The van der Waals surface area contributed by atoms with Crippen LogP contribution in [0.15, 0.2) is 69.4 Å². The maximum Gasteiger partial charge on any atom is 0.335 e. The molecule has 32 heavy (non-hydrogen) atoms. The molecule has 0 spiro atoms. The van der Waals surface area contributed by atoms with Gasteiger partial charge in [0.2, 0.25) is 6.79 Å². The van der Waals surface area contributed by atoms with Crippen LogP contribution in [0.1, 0.15) is 26.5 Å². The van der Waals surface area contributed by atoms with Crippen molar-refractivity contribution in [3.8, 4) is 11.5 Å². The normalized spacial score (nSPS) is 12.3. The summed E-state index contributed by atoms with van der Waals surface area (Å²) in [5, 5.41) is 14.2. The maximum absolute atomic E-state index is 12.9. The molecule has 0 saturated carbocycles. The first-order chi connectivity index (χ1) is 15.4.